The molecule has 6 aromatic rings. The van der Waals surface area contributed by atoms with E-state index in [4.69, 9.17) is 39.9 Å². The van der Waals surface area contributed by atoms with E-state index in [1.165, 1.54) is 0 Å². The first-order valence-corrected chi connectivity index (χ1v) is 28.4. The van der Waals surface area contributed by atoms with E-state index >= 15 is 0 Å². The molecule has 9 rings (SSSR count). The molecule has 3 aliphatic rings. The molecule has 7 heterocycles. The Morgan fingerprint density at radius 3 is 1.54 bits per heavy atom. The summed E-state index contributed by atoms with van der Waals surface area (Å²) in [6.45, 7) is 32.8. The Balaban J connectivity index is 0.000000193. The Labute approximate surface area is 498 Å². The van der Waals surface area contributed by atoms with E-state index < -0.39 is 29.2 Å². The molecule has 0 saturated carbocycles. The van der Waals surface area contributed by atoms with Gasteiger partial charge < -0.3 is 48.7 Å². The summed E-state index contributed by atoms with van der Waals surface area (Å²) in [6, 6.07) is 26.1. The quantitative estimate of drug-likeness (QED) is 0.0963. The van der Waals surface area contributed by atoms with Crippen molar-refractivity contribution in [1.29, 1.82) is 10.5 Å². The Kier molecular flexibility index (Phi) is 20.7. The maximum absolute atomic E-state index is 13.0. The standard InChI is InChI=1S/C28H32N6O3.C23H28BN3O3.C11H16ClN3O2/c1-18(2)37-27-24(34-10-12-36-13-11-34)16-23(32-33-27)22-15-21(7-6-19(22)3)31-26(35)20-8-9-30-25(14-20)28(4,5)17-29;1-15-8-9-17(13-18(15)24-29-22(4,5)23(6,7)30-24)27-20(28)16-10-11-26-19(12-16)21(2,3)14-25;1-8(2)17-11-9(7-10(12)13-14-11)15-3-5-16-6-4-15/h6-9,14-16,18H,10-13H2,1-5H3,(H,31,35);8-13H,1-7H3,(H,27,28);7-8H,3-6H2,1-2H3. The molecule has 2 amide bonds. The van der Waals surface area contributed by atoms with Crippen molar-refractivity contribution in [2.75, 3.05) is 73.0 Å². The van der Waals surface area contributed by atoms with Crippen LogP contribution in [-0.2, 0) is 29.6 Å². The number of morpholine rings is 2. The summed E-state index contributed by atoms with van der Waals surface area (Å²) in [7, 11) is -0.504. The van der Waals surface area contributed by atoms with Crippen molar-refractivity contribution >= 4 is 58.7 Å². The molecule has 3 fully saturated rings. The van der Waals surface area contributed by atoms with Crippen molar-refractivity contribution in [2.45, 2.75) is 131 Å². The first-order valence-electron chi connectivity index (χ1n) is 28.1. The van der Waals surface area contributed by atoms with Crippen molar-refractivity contribution in [2.24, 2.45) is 0 Å². The van der Waals surface area contributed by atoms with Crippen LogP contribution >= 0.6 is 11.6 Å². The van der Waals surface area contributed by atoms with Crippen LogP contribution in [-0.4, -0.2) is 125 Å². The molecule has 3 saturated heterocycles. The molecule has 0 aliphatic carbocycles. The number of carbonyl (C=O) groups excluding carboxylic acids is 2. The Morgan fingerprint density at radius 2 is 1.07 bits per heavy atom. The predicted molar refractivity (Wildman–Crippen MR) is 325 cm³/mol. The number of hydrogen-bond acceptors (Lipinski definition) is 18. The SMILES string of the molecule is CC(C)Oc1nnc(Cl)cc1N1CCOCC1.Cc1ccc(NC(=O)c2ccnc(C(C)(C)C#N)c2)cc1-c1cc(N2CCOCC2)c(OC(C)C)nn1.Cc1ccc(NC(=O)c2ccnc(C(C)(C)C#N)c2)cc1B1OC(C)(C)C(C)(C)O1. The van der Waals surface area contributed by atoms with Gasteiger partial charge in [-0.15, -0.1) is 20.4 Å². The summed E-state index contributed by atoms with van der Waals surface area (Å²) < 4.78 is 34.8. The zero-order valence-corrected chi connectivity index (χ0v) is 51.3. The Hall–Kier alpha value is -7.79. The summed E-state index contributed by atoms with van der Waals surface area (Å²) in [5, 5.41) is 41.7. The molecule has 20 nitrogen and oxygen atoms in total. The number of nitrogens with zero attached hydrogens (tertiary/aromatic N) is 10. The Bertz CT molecular complexity index is 3370. The second-order valence-corrected chi connectivity index (χ2v) is 23.6. The van der Waals surface area contributed by atoms with Crippen LogP contribution < -0.4 is 35.4 Å². The molecule has 3 aliphatic heterocycles. The smallest absolute Gasteiger partial charge is 0.472 e. The third kappa shape index (κ3) is 16.1. The van der Waals surface area contributed by atoms with E-state index in [2.05, 4.69) is 62.9 Å². The summed E-state index contributed by atoms with van der Waals surface area (Å²) >= 11 is 5.89. The second kappa shape index (κ2) is 27.3. The number of rotatable bonds is 14. The summed E-state index contributed by atoms with van der Waals surface area (Å²) in [6.07, 6.45) is 3.12. The van der Waals surface area contributed by atoms with Gasteiger partial charge in [0.15, 0.2) is 5.15 Å². The molecular weight excluding hydrogens is 1090 g/mol. The number of carbonyl (C=O) groups is 2. The number of halogens is 1. The molecule has 84 heavy (non-hydrogen) atoms. The van der Waals surface area contributed by atoms with Crippen LogP contribution in [0.3, 0.4) is 0 Å². The van der Waals surface area contributed by atoms with Gasteiger partial charge in [-0.2, -0.15) is 10.5 Å². The highest BCUT2D eigenvalue weighted by Gasteiger charge is 2.52. The fourth-order valence-corrected chi connectivity index (χ4v) is 8.93. The van der Waals surface area contributed by atoms with Gasteiger partial charge in [0.1, 0.15) is 11.4 Å². The number of aromatic nitrogens is 6. The van der Waals surface area contributed by atoms with E-state index in [1.54, 1.807) is 70.4 Å². The number of pyridine rings is 2. The lowest BCUT2D eigenvalue weighted by Gasteiger charge is -2.32. The van der Waals surface area contributed by atoms with Crippen molar-refractivity contribution in [3.63, 3.8) is 0 Å². The molecule has 0 spiro atoms. The van der Waals surface area contributed by atoms with Crippen LogP contribution in [0.4, 0.5) is 22.7 Å². The first-order chi connectivity index (χ1) is 39.7. The van der Waals surface area contributed by atoms with Gasteiger partial charge in [0.2, 0.25) is 0 Å². The first kappa shape index (κ1) is 63.8. The van der Waals surface area contributed by atoms with Gasteiger partial charge in [-0.3, -0.25) is 19.6 Å². The molecule has 22 heteroatoms. The number of nitriles is 2. The molecule has 0 atom stereocenters. The third-order valence-electron chi connectivity index (χ3n) is 14.6. The molecule has 2 N–H and O–H groups in total. The summed E-state index contributed by atoms with van der Waals surface area (Å²) in [4.78, 5) is 38.7. The van der Waals surface area contributed by atoms with Gasteiger partial charge in [0.25, 0.3) is 23.6 Å². The summed E-state index contributed by atoms with van der Waals surface area (Å²) in [5.74, 6) is 0.479. The van der Waals surface area contributed by atoms with E-state index in [-0.39, 0.29) is 24.0 Å². The molecule has 442 valence electrons. The number of amides is 2. The monoisotopic (exact) mass is 1160 g/mol. The van der Waals surface area contributed by atoms with Crippen molar-refractivity contribution < 1.29 is 37.8 Å². The van der Waals surface area contributed by atoms with Gasteiger partial charge >= 0.3 is 7.12 Å². The number of anilines is 4. The highest BCUT2D eigenvalue weighted by molar-refractivity contribution is 6.62. The van der Waals surface area contributed by atoms with E-state index in [1.807, 2.05) is 112 Å². The average Bonchev–Trinajstić information content (AvgIpc) is 3.07. The zero-order valence-electron chi connectivity index (χ0n) is 50.6. The predicted octanol–water partition coefficient (Wildman–Crippen LogP) is 10.0. The highest BCUT2D eigenvalue weighted by atomic mass is 35.5. The second-order valence-electron chi connectivity index (χ2n) is 23.2. The zero-order chi connectivity index (χ0) is 61.1. The van der Waals surface area contributed by atoms with Crippen LogP contribution in [0.15, 0.2) is 85.2 Å². The topological polar surface area (TPSA) is 245 Å². The number of nitrogens with one attached hydrogen (secondary N) is 2. The van der Waals surface area contributed by atoms with Gasteiger partial charge in [-0.05, 0) is 163 Å². The van der Waals surface area contributed by atoms with Gasteiger partial charge in [-0.1, -0.05) is 29.3 Å². The van der Waals surface area contributed by atoms with Crippen molar-refractivity contribution in [1.82, 2.24) is 30.4 Å². The maximum atomic E-state index is 13.0. The fraction of sp³-hybridized carbons (Fsp3) is 0.452. The summed E-state index contributed by atoms with van der Waals surface area (Å²) in [5.41, 5.74) is 7.01. The Morgan fingerprint density at radius 1 is 0.631 bits per heavy atom. The number of ether oxygens (including phenoxy) is 4. The lowest BCUT2D eigenvalue weighted by molar-refractivity contribution is 0.00578. The molecule has 0 radical (unpaired) electrons. The number of aryl methyl sites for hydroxylation is 2. The van der Waals surface area contributed by atoms with Crippen LogP contribution in [0.1, 0.15) is 126 Å². The van der Waals surface area contributed by atoms with E-state index in [0.29, 0.717) is 82.9 Å². The van der Waals surface area contributed by atoms with E-state index in [9.17, 15) is 20.1 Å². The minimum absolute atomic E-state index is 0.0346. The van der Waals surface area contributed by atoms with E-state index in [0.717, 1.165) is 59.7 Å². The molecule has 0 unspecified atom stereocenters. The fourth-order valence-electron chi connectivity index (χ4n) is 8.79. The van der Waals surface area contributed by atoms with Gasteiger partial charge in [-0.25, -0.2) is 0 Å². The van der Waals surface area contributed by atoms with Crippen LogP contribution in [0, 0.1) is 36.5 Å². The molecular formula is C62H76BClN12O8. The lowest BCUT2D eigenvalue weighted by Crippen LogP contribution is -2.41. The molecule has 0 bridgehead atoms. The van der Waals surface area contributed by atoms with Crippen LogP contribution in [0.25, 0.3) is 11.3 Å². The largest absolute Gasteiger partial charge is 0.495 e. The van der Waals surface area contributed by atoms with Gasteiger partial charge in [0, 0.05) is 72.7 Å². The third-order valence-corrected chi connectivity index (χ3v) is 14.7. The molecule has 2 aromatic carbocycles. The van der Waals surface area contributed by atoms with Crippen LogP contribution in [0.5, 0.6) is 11.8 Å². The average molecular weight is 1160 g/mol. The normalized spacial score (nSPS) is 15.6. The van der Waals surface area contributed by atoms with Crippen LogP contribution in [0.2, 0.25) is 5.15 Å². The lowest BCUT2D eigenvalue weighted by atomic mass is 9.76. The van der Waals surface area contributed by atoms with Crippen molar-refractivity contribution in [3.8, 4) is 35.2 Å². The van der Waals surface area contributed by atoms with Crippen molar-refractivity contribution in [3.05, 3.63) is 124 Å². The molecule has 4 aromatic heterocycles. The number of benzene rings is 2. The van der Waals surface area contributed by atoms with Gasteiger partial charge in [0.05, 0.1) is 89.9 Å². The maximum Gasteiger partial charge on any atom is 0.495 e. The highest BCUT2D eigenvalue weighted by Crippen LogP contribution is 2.38. The minimum atomic E-state index is -0.796. The number of hydrogen-bond donors (Lipinski definition) is 2. The minimum Gasteiger partial charge on any atom is -0.472 e.